The third-order valence-electron chi connectivity index (χ3n) is 3.54. The normalized spacial score (nSPS) is 24.1. The van der Waals surface area contributed by atoms with Crippen LogP contribution >= 0.6 is 0 Å². The summed E-state index contributed by atoms with van der Waals surface area (Å²) in [7, 11) is 0. The highest BCUT2D eigenvalue weighted by Crippen LogP contribution is 2.53. The molecular formula is C10H14N2. The standard InChI is InChI=1S/C10H14N2/c1-8-9-6-10(2-3-10)4-5-12(9)7-11-8/h7H,2-6H2,1H3. The van der Waals surface area contributed by atoms with E-state index in [1.54, 1.807) is 0 Å². The van der Waals surface area contributed by atoms with Crippen molar-refractivity contribution in [2.24, 2.45) is 5.41 Å². The topological polar surface area (TPSA) is 17.8 Å². The Kier molecular flexibility index (Phi) is 1.07. The van der Waals surface area contributed by atoms with Crippen molar-refractivity contribution in [3.05, 3.63) is 17.7 Å². The number of hydrogen-bond donors (Lipinski definition) is 0. The van der Waals surface area contributed by atoms with E-state index in [1.807, 2.05) is 6.33 Å². The highest BCUT2D eigenvalue weighted by Gasteiger charge is 2.45. The zero-order chi connectivity index (χ0) is 8.18. The fourth-order valence-corrected chi connectivity index (χ4v) is 2.34. The first-order valence-electron chi connectivity index (χ1n) is 4.80. The van der Waals surface area contributed by atoms with E-state index in [1.165, 1.54) is 43.6 Å². The van der Waals surface area contributed by atoms with Crippen molar-refractivity contribution >= 4 is 0 Å². The molecule has 2 nitrogen and oxygen atoms in total. The molecule has 1 spiro atoms. The van der Waals surface area contributed by atoms with Gasteiger partial charge in [0.1, 0.15) is 0 Å². The fourth-order valence-electron chi connectivity index (χ4n) is 2.34. The first-order valence-corrected chi connectivity index (χ1v) is 4.80. The first-order chi connectivity index (χ1) is 5.79. The Morgan fingerprint density at radius 1 is 1.42 bits per heavy atom. The zero-order valence-corrected chi connectivity index (χ0v) is 7.51. The summed E-state index contributed by atoms with van der Waals surface area (Å²) in [5.41, 5.74) is 3.47. The Hall–Kier alpha value is -0.790. The van der Waals surface area contributed by atoms with Crippen molar-refractivity contribution in [3.63, 3.8) is 0 Å². The molecule has 1 aromatic heterocycles. The smallest absolute Gasteiger partial charge is 0.0951 e. The van der Waals surface area contributed by atoms with Crippen LogP contribution in [0.5, 0.6) is 0 Å². The average molecular weight is 162 g/mol. The van der Waals surface area contributed by atoms with Crippen LogP contribution in [-0.2, 0) is 13.0 Å². The second kappa shape index (κ2) is 1.93. The monoisotopic (exact) mass is 162 g/mol. The van der Waals surface area contributed by atoms with Crippen molar-refractivity contribution in [2.45, 2.75) is 39.2 Å². The molecule has 1 aliphatic carbocycles. The maximum absolute atomic E-state index is 4.35. The van der Waals surface area contributed by atoms with Crippen LogP contribution in [-0.4, -0.2) is 9.55 Å². The Morgan fingerprint density at radius 2 is 2.25 bits per heavy atom. The molecule has 0 N–H and O–H groups in total. The van der Waals surface area contributed by atoms with E-state index in [0.29, 0.717) is 0 Å². The maximum Gasteiger partial charge on any atom is 0.0951 e. The molecule has 0 saturated heterocycles. The summed E-state index contributed by atoms with van der Waals surface area (Å²) in [6, 6.07) is 0. The van der Waals surface area contributed by atoms with Gasteiger partial charge in [-0.2, -0.15) is 0 Å². The molecule has 64 valence electrons. The third-order valence-corrected chi connectivity index (χ3v) is 3.54. The summed E-state index contributed by atoms with van der Waals surface area (Å²) in [5, 5.41) is 0. The number of aryl methyl sites for hydroxylation is 2. The van der Waals surface area contributed by atoms with E-state index < -0.39 is 0 Å². The second-order valence-corrected chi connectivity index (χ2v) is 4.40. The van der Waals surface area contributed by atoms with Gasteiger partial charge in [0.15, 0.2) is 0 Å². The van der Waals surface area contributed by atoms with Crippen LogP contribution < -0.4 is 0 Å². The van der Waals surface area contributed by atoms with Crippen molar-refractivity contribution in [3.8, 4) is 0 Å². The van der Waals surface area contributed by atoms with Crippen molar-refractivity contribution in [1.82, 2.24) is 9.55 Å². The summed E-state index contributed by atoms with van der Waals surface area (Å²) < 4.78 is 2.33. The third kappa shape index (κ3) is 0.780. The lowest BCUT2D eigenvalue weighted by Gasteiger charge is -2.23. The van der Waals surface area contributed by atoms with E-state index in [2.05, 4.69) is 16.5 Å². The lowest BCUT2D eigenvalue weighted by Crippen LogP contribution is -2.19. The number of imidazole rings is 1. The van der Waals surface area contributed by atoms with Crippen molar-refractivity contribution in [2.75, 3.05) is 0 Å². The van der Waals surface area contributed by atoms with Crippen LogP contribution in [0.3, 0.4) is 0 Å². The van der Waals surface area contributed by atoms with Gasteiger partial charge in [0.2, 0.25) is 0 Å². The molecule has 1 fully saturated rings. The molecule has 1 aromatic rings. The summed E-state index contributed by atoms with van der Waals surface area (Å²) >= 11 is 0. The molecular weight excluding hydrogens is 148 g/mol. The van der Waals surface area contributed by atoms with Gasteiger partial charge in [-0.05, 0) is 38.0 Å². The fraction of sp³-hybridized carbons (Fsp3) is 0.700. The van der Waals surface area contributed by atoms with Gasteiger partial charge in [-0.1, -0.05) is 0 Å². The van der Waals surface area contributed by atoms with Crippen molar-refractivity contribution in [1.29, 1.82) is 0 Å². The predicted molar refractivity (Wildman–Crippen MR) is 47.0 cm³/mol. The maximum atomic E-state index is 4.35. The SMILES string of the molecule is Cc1ncn2c1CC1(CC2)CC1. The Balaban J connectivity index is 2.04. The Labute approximate surface area is 72.6 Å². The molecule has 1 aliphatic heterocycles. The molecule has 3 rings (SSSR count). The van der Waals surface area contributed by atoms with E-state index in [9.17, 15) is 0 Å². The summed E-state index contributed by atoms with van der Waals surface area (Å²) in [6.07, 6.45) is 7.59. The molecule has 2 heteroatoms. The van der Waals surface area contributed by atoms with Gasteiger partial charge in [-0.15, -0.1) is 0 Å². The quantitative estimate of drug-likeness (QED) is 0.570. The number of fused-ring (bicyclic) bond motifs is 1. The van der Waals surface area contributed by atoms with Gasteiger partial charge in [-0.3, -0.25) is 0 Å². The molecule has 2 heterocycles. The molecule has 2 aliphatic rings. The van der Waals surface area contributed by atoms with E-state index in [4.69, 9.17) is 0 Å². The highest BCUT2D eigenvalue weighted by molar-refractivity contribution is 5.18. The van der Waals surface area contributed by atoms with Gasteiger partial charge in [0.25, 0.3) is 0 Å². The number of aromatic nitrogens is 2. The number of hydrogen-bond acceptors (Lipinski definition) is 1. The van der Waals surface area contributed by atoms with Gasteiger partial charge in [-0.25, -0.2) is 4.98 Å². The van der Waals surface area contributed by atoms with Crippen LogP contribution in [0.4, 0.5) is 0 Å². The lowest BCUT2D eigenvalue weighted by molar-refractivity contribution is 0.367. The molecule has 0 atom stereocenters. The first kappa shape index (κ1) is 6.70. The summed E-state index contributed by atoms with van der Waals surface area (Å²) in [4.78, 5) is 4.35. The van der Waals surface area contributed by atoms with Gasteiger partial charge in [0, 0.05) is 12.2 Å². The zero-order valence-electron chi connectivity index (χ0n) is 7.51. The van der Waals surface area contributed by atoms with Gasteiger partial charge >= 0.3 is 0 Å². The molecule has 0 amide bonds. The van der Waals surface area contributed by atoms with E-state index >= 15 is 0 Å². The Bertz CT molecular complexity index is 321. The van der Waals surface area contributed by atoms with Crippen LogP contribution in [0, 0.1) is 12.3 Å². The van der Waals surface area contributed by atoms with Crippen molar-refractivity contribution < 1.29 is 0 Å². The minimum absolute atomic E-state index is 0.723. The largest absolute Gasteiger partial charge is 0.334 e. The molecule has 0 radical (unpaired) electrons. The van der Waals surface area contributed by atoms with E-state index in [0.717, 1.165) is 5.41 Å². The molecule has 0 unspecified atom stereocenters. The van der Waals surface area contributed by atoms with Crippen LogP contribution in [0.1, 0.15) is 30.7 Å². The predicted octanol–water partition coefficient (Wildman–Crippen LogP) is 1.92. The Morgan fingerprint density at radius 3 is 3.00 bits per heavy atom. The number of nitrogens with zero attached hydrogens (tertiary/aromatic N) is 2. The summed E-state index contributed by atoms with van der Waals surface area (Å²) in [6.45, 7) is 3.34. The van der Waals surface area contributed by atoms with Gasteiger partial charge < -0.3 is 4.57 Å². The van der Waals surface area contributed by atoms with Gasteiger partial charge in [0.05, 0.1) is 12.0 Å². The summed E-state index contributed by atoms with van der Waals surface area (Å²) in [5.74, 6) is 0. The van der Waals surface area contributed by atoms with E-state index in [-0.39, 0.29) is 0 Å². The van der Waals surface area contributed by atoms with Crippen LogP contribution in [0.2, 0.25) is 0 Å². The molecule has 1 saturated carbocycles. The second-order valence-electron chi connectivity index (χ2n) is 4.40. The minimum atomic E-state index is 0.723. The molecule has 0 aromatic carbocycles. The average Bonchev–Trinajstić information content (AvgIpc) is 2.73. The molecule has 0 bridgehead atoms. The minimum Gasteiger partial charge on any atom is -0.334 e. The van der Waals surface area contributed by atoms with Crippen LogP contribution in [0.25, 0.3) is 0 Å². The van der Waals surface area contributed by atoms with Crippen LogP contribution in [0.15, 0.2) is 6.33 Å². The lowest BCUT2D eigenvalue weighted by atomic mass is 9.92. The molecule has 12 heavy (non-hydrogen) atoms. The number of rotatable bonds is 0. The highest BCUT2D eigenvalue weighted by atomic mass is 15.1.